The summed E-state index contributed by atoms with van der Waals surface area (Å²) in [5.41, 5.74) is 7.35. The van der Waals surface area contributed by atoms with Crippen LogP contribution < -0.4 is 5.73 Å². The number of nitrogens with zero attached hydrogens (tertiary/aromatic N) is 1. The lowest BCUT2D eigenvalue weighted by molar-refractivity contribution is 0.0997. The Morgan fingerprint density at radius 1 is 1.38 bits per heavy atom. The number of benzene rings is 1. The monoisotopic (exact) mass is 290 g/mol. The van der Waals surface area contributed by atoms with Crippen molar-refractivity contribution in [2.24, 2.45) is 17.6 Å². The smallest absolute Gasteiger partial charge is 0.119 e. The molecule has 1 saturated heterocycles. The third-order valence-electron chi connectivity index (χ3n) is 5.41. The van der Waals surface area contributed by atoms with Crippen molar-refractivity contribution >= 4 is 0 Å². The number of hydrogen-bond donors (Lipinski definition) is 2. The second kappa shape index (κ2) is 6.37. The zero-order valence-electron chi connectivity index (χ0n) is 13.8. The predicted molar refractivity (Wildman–Crippen MR) is 88.5 cm³/mol. The van der Waals surface area contributed by atoms with E-state index in [1.807, 2.05) is 12.1 Å². The van der Waals surface area contributed by atoms with Gasteiger partial charge in [-0.2, -0.15) is 0 Å². The highest BCUT2D eigenvalue weighted by Gasteiger charge is 2.39. The lowest BCUT2D eigenvalue weighted by atomic mass is 9.67. The van der Waals surface area contributed by atoms with E-state index in [1.165, 1.54) is 0 Å². The third kappa shape index (κ3) is 3.41. The maximum absolute atomic E-state index is 10.2. The van der Waals surface area contributed by atoms with E-state index in [0.717, 1.165) is 31.6 Å². The Hall–Kier alpha value is -1.06. The summed E-state index contributed by atoms with van der Waals surface area (Å²) in [5, 5.41) is 10.2. The number of phenols is 1. The minimum atomic E-state index is 0.0454. The molecule has 0 bridgehead atoms. The number of piperidine rings is 1. The SMILES string of the molecule is CC(C)[C@H](N)CN1CC[C@@](C)(c2ccccc2O)[C@@H](C)C1. The van der Waals surface area contributed by atoms with Crippen LogP contribution in [0.3, 0.4) is 0 Å². The summed E-state index contributed by atoms with van der Waals surface area (Å²) in [6.45, 7) is 12.0. The largest absolute Gasteiger partial charge is 0.508 e. The number of likely N-dealkylation sites (tertiary alicyclic amines) is 1. The molecule has 3 N–H and O–H groups in total. The first-order valence-corrected chi connectivity index (χ1v) is 8.11. The highest BCUT2D eigenvalue weighted by atomic mass is 16.3. The first-order valence-electron chi connectivity index (χ1n) is 8.11. The molecule has 1 heterocycles. The average Bonchev–Trinajstić information content (AvgIpc) is 2.43. The molecule has 1 aromatic rings. The lowest BCUT2D eigenvalue weighted by Crippen LogP contribution is -2.51. The van der Waals surface area contributed by atoms with Crippen LogP contribution >= 0.6 is 0 Å². The molecule has 2 rings (SSSR count). The molecule has 1 aliphatic heterocycles. The topological polar surface area (TPSA) is 49.5 Å². The van der Waals surface area contributed by atoms with Crippen molar-refractivity contribution in [2.75, 3.05) is 19.6 Å². The van der Waals surface area contributed by atoms with Crippen LogP contribution in [0.25, 0.3) is 0 Å². The fourth-order valence-electron chi connectivity index (χ4n) is 3.35. The van der Waals surface area contributed by atoms with E-state index < -0.39 is 0 Å². The van der Waals surface area contributed by atoms with Crippen molar-refractivity contribution < 1.29 is 5.11 Å². The quantitative estimate of drug-likeness (QED) is 0.896. The van der Waals surface area contributed by atoms with Crippen molar-refractivity contribution in [3.63, 3.8) is 0 Å². The summed E-state index contributed by atoms with van der Waals surface area (Å²) in [7, 11) is 0. The first kappa shape index (κ1) is 16.3. The second-order valence-electron chi connectivity index (χ2n) is 7.25. The summed E-state index contributed by atoms with van der Waals surface area (Å²) in [5.74, 6) is 1.45. The van der Waals surface area contributed by atoms with Gasteiger partial charge in [0.25, 0.3) is 0 Å². The molecule has 3 nitrogen and oxygen atoms in total. The maximum atomic E-state index is 10.2. The maximum Gasteiger partial charge on any atom is 0.119 e. The highest BCUT2D eigenvalue weighted by Crippen LogP contribution is 2.42. The second-order valence-corrected chi connectivity index (χ2v) is 7.25. The predicted octanol–water partition coefficient (Wildman–Crippen LogP) is 2.98. The zero-order valence-corrected chi connectivity index (χ0v) is 13.8. The number of para-hydroxylation sites is 1. The van der Waals surface area contributed by atoms with Gasteiger partial charge in [-0.3, -0.25) is 0 Å². The average molecular weight is 290 g/mol. The van der Waals surface area contributed by atoms with Crippen LogP contribution in [0.1, 0.15) is 39.7 Å². The van der Waals surface area contributed by atoms with Crippen LogP contribution in [0.5, 0.6) is 5.75 Å². The third-order valence-corrected chi connectivity index (χ3v) is 5.41. The summed E-state index contributed by atoms with van der Waals surface area (Å²) in [6.07, 6.45) is 1.07. The van der Waals surface area contributed by atoms with Crippen LogP contribution in [-0.2, 0) is 5.41 Å². The van der Waals surface area contributed by atoms with Gasteiger partial charge in [0, 0.05) is 30.1 Å². The molecule has 0 unspecified atom stereocenters. The summed E-state index contributed by atoms with van der Waals surface area (Å²) < 4.78 is 0. The van der Waals surface area contributed by atoms with Crippen molar-refractivity contribution in [3.05, 3.63) is 29.8 Å². The Kier molecular flexibility index (Phi) is 4.95. The number of hydrogen-bond acceptors (Lipinski definition) is 3. The van der Waals surface area contributed by atoms with E-state index in [1.54, 1.807) is 6.07 Å². The zero-order chi connectivity index (χ0) is 15.6. The molecule has 1 fully saturated rings. The van der Waals surface area contributed by atoms with Gasteiger partial charge in [0.1, 0.15) is 5.75 Å². The molecule has 0 spiro atoms. The fourth-order valence-corrected chi connectivity index (χ4v) is 3.35. The minimum Gasteiger partial charge on any atom is -0.508 e. The van der Waals surface area contributed by atoms with Gasteiger partial charge in [0.15, 0.2) is 0 Å². The molecule has 118 valence electrons. The van der Waals surface area contributed by atoms with Crippen LogP contribution in [0.2, 0.25) is 0 Å². The summed E-state index contributed by atoms with van der Waals surface area (Å²) in [4.78, 5) is 2.48. The Balaban J connectivity index is 2.09. The molecule has 0 radical (unpaired) electrons. The molecule has 0 saturated carbocycles. The van der Waals surface area contributed by atoms with Gasteiger partial charge < -0.3 is 15.7 Å². The molecule has 0 amide bonds. The van der Waals surface area contributed by atoms with Gasteiger partial charge in [0.2, 0.25) is 0 Å². The fraction of sp³-hybridized carbons (Fsp3) is 0.667. The standard InChI is InChI=1S/C18H30N2O/c1-13(2)16(19)12-20-10-9-18(4,14(3)11-20)15-7-5-6-8-17(15)21/h5-8,13-14,16,21H,9-12,19H2,1-4H3/t14-,16+,18+/m0/s1. The Morgan fingerprint density at radius 3 is 2.62 bits per heavy atom. The molecular weight excluding hydrogens is 260 g/mol. The van der Waals surface area contributed by atoms with Crippen molar-refractivity contribution in [2.45, 2.75) is 45.6 Å². The molecule has 1 aromatic carbocycles. The van der Waals surface area contributed by atoms with Crippen LogP contribution in [0.15, 0.2) is 24.3 Å². The van der Waals surface area contributed by atoms with Crippen molar-refractivity contribution in [3.8, 4) is 5.75 Å². The minimum absolute atomic E-state index is 0.0454. The van der Waals surface area contributed by atoms with E-state index in [4.69, 9.17) is 5.73 Å². The van der Waals surface area contributed by atoms with E-state index in [9.17, 15) is 5.11 Å². The van der Waals surface area contributed by atoms with Gasteiger partial charge in [-0.05, 0) is 30.9 Å². The molecule has 0 aliphatic carbocycles. The van der Waals surface area contributed by atoms with Crippen LogP contribution in [0.4, 0.5) is 0 Å². The van der Waals surface area contributed by atoms with Crippen molar-refractivity contribution in [1.29, 1.82) is 0 Å². The van der Waals surface area contributed by atoms with Gasteiger partial charge in [-0.15, -0.1) is 0 Å². The molecule has 21 heavy (non-hydrogen) atoms. The van der Waals surface area contributed by atoms with E-state index in [-0.39, 0.29) is 11.5 Å². The van der Waals surface area contributed by atoms with E-state index in [2.05, 4.69) is 38.7 Å². The summed E-state index contributed by atoms with van der Waals surface area (Å²) >= 11 is 0. The van der Waals surface area contributed by atoms with Gasteiger partial charge >= 0.3 is 0 Å². The summed E-state index contributed by atoms with van der Waals surface area (Å²) in [6, 6.07) is 8.03. The Labute approximate surface area is 129 Å². The lowest BCUT2D eigenvalue weighted by Gasteiger charge is -2.46. The van der Waals surface area contributed by atoms with Gasteiger partial charge in [-0.1, -0.05) is 45.9 Å². The number of aromatic hydroxyl groups is 1. The van der Waals surface area contributed by atoms with Gasteiger partial charge in [0.05, 0.1) is 0 Å². The normalized spacial score (nSPS) is 28.8. The Bertz CT molecular complexity index is 474. The van der Waals surface area contributed by atoms with Crippen LogP contribution in [-0.4, -0.2) is 35.7 Å². The number of rotatable bonds is 4. The molecule has 0 aromatic heterocycles. The molecular formula is C18H30N2O. The van der Waals surface area contributed by atoms with Crippen LogP contribution in [0, 0.1) is 11.8 Å². The molecule has 3 atom stereocenters. The number of nitrogens with two attached hydrogens (primary N) is 1. The van der Waals surface area contributed by atoms with Gasteiger partial charge in [-0.25, -0.2) is 0 Å². The number of phenolic OH excluding ortho intramolecular Hbond substituents is 1. The molecule has 1 aliphatic rings. The van der Waals surface area contributed by atoms with E-state index >= 15 is 0 Å². The highest BCUT2D eigenvalue weighted by molar-refractivity contribution is 5.39. The molecule has 3 heteroatoms. The first-order chi connectivity index (χ1) is 9.84. The van der Waals surface area contributed by atoms with Crippen molar-refractivity contribution in [1.82, 2.24) is 4.90 Å². The Morgan fingerprint density at radius 2 is 2.05 bits per heavy atom. The van der Waals surface area contributed by atoms with E-state index in [0.29, 0.717) is 17.6 Å².